The van der Waals surface area contributed by atoms with Crippen LogP contribution in [-0.2, 0) is 6.61 Å². The van der Waals surface area contributed by atoms with Crippen molar-refractivity contribution in [3.8, 4) is 11.5 Å². The van der Waals surface area contributed by atoms with Crippen LogP contribution in [0.4, 0.5) is 5.69 Å². The lowest BCUT2D eigenvalue weighted by molar-refractivity contribution is -0.384. The van der Waals surface area contributed by atoms with Crippen LogP contribution in [0.1, 0.15) is 11.1 Å². The van der Waals surface area contributed by atoms with E-state index in [0.29, 0.717) is 5.75 Å². The molecule has 1 N–H and O–H groups in total. The SMILES string of the molecule is Cc1cc(Oc2c(Cl)cc([N+](=O)[O-])cc2Cl)ccc1CO. The molecule has 0 aliphatic carbocycles. The summed E-state index contributed by atoms with van der Waals surface area (Å²) in [4.78, 5) is 10.1. The van der Waals surface area contributed by atoms with Crippen molar-refractivity contribution in [3.63, 3.8) is 0 Å². The predicted octanol–water partition coefficient (Wildman–Crippen LogP) is 4.49. The van der Waals surface area contributed by atoms with Gasteiger partial charge in [0.15, 0.2) is 5.75 Å². The number of rotatable bonds is 4. The molecule has 0 radical (unpaired) electrons. The van der Waals surface area contributed by atoms with Gasteiger partial charge in [-0.05, 0) is 30.2 Å². The second kappa shape index (κ2) is 6.30. The Morgan fingerprint density at radius 3 is 2.33 bits per heavy atom. The van der Waals surface area contributed by atoms with E-state index in [4.69, 9.17) is 33.0 Å². The van der Waals surface area contributed by atoms with Crippen molar-refractivity contribution in [1.82, 2.24) is 0 Å². The van der Waals surface area contributed by atoms with Crippen LogP contribution in [0, 0.1) is 17.0 Å². The van der Waals surface area contributed by atoms with E-state index in [-0.39, 0.29) is 28.1 Å². The maximum absolute atomic E-state index is 10.7. The van der Waals surface area contributed by atoms with Crippen LogP contribution in [0.25, 0.3) is 0 Å². The molecule has 0 aromatic heterocycles. The molecule has 0 fully saturated rings. The molecule has 0 spiro atoms. The van der Waals surface area contributed by atoms with Gasteiger partial charge in [-0.1, -0.05) is 29.3 Å². The van der Waals surface area contributed by atoms with E-state index in [2.05, 4.69) is 0 Å². The van der Waals surface area contributed by atoms with Gasteiger partial charge in [0.2, 0.25) is 0 Å². The number of aliphatic hydroxyl groups is 1. The molecule has 0 amide bonds. The second-order valence-corrected chi connectivity index (χ2v) is 5.16. The topological polar surface area (TPSA) is 72.6 Å². The maximum atomic E-state index is 10.7. The summed E-state index contributed by atoms with van der Waals surface area (Å²) in [6.45, 7) is 1.77. The number of benzene rings is 2. The fourth-order valence-electron chi connectivity index (χ4n) is 1.78. The molecule has 0 saturated heterocycles. The Labute approximate surface area is 130 Å². The van der Waals surface area contributed by atoms with Crippen molar-refractivity contribution in [2.24, 2.45) is 0 Å². The number of nitro groups is 1. The van der Waals surface area contributed by atoms with E-state index in [0.717, 1.165) is 11.1 Å². The number of nitro benzene ring substituents is 1. The zero-order valence-corrected chi connectivity index (χ0v) is 12.5. The minimum atomic E-state index is -0.582. The largest absolute Gasteiger partial charge is 0.454 e. The number of nitrogens with zero attached hydrogens (tertiary/aromatic N) is 1. The van der Waals surface area contributed by atoms with Gasteiger partial charge in [-0.25, -0.2) is 0 Å². The molecule has 0 aliphatic heterocycles. The van der Waals surface area contributed by atoms with Gasteiger partial charge in [0, 0.05) is 12.1 Å². The highest BCUT2D eigenvalue weighted by molar-refractivity contribution is 6.37. The molecule has 2 rings (SSSR count). The van der Waals surface area contributed by atoms with Crippen LogP contribution < -0.4 is 4.74 Å². The number of non-ortho nitro benzene ring substituents is 1. The molecule has 0 saturated carbocycles. The predicted molar refractivity (Wildman–Crippen MR) is 80.3 cm³/mol. The van der Waals surface area contributed by atoms with Crippen LogP contribution in [-0.4, -0.2) is 10.0 Å². The number of aryl methyl sites for hydroxylation is 1. The van der Waals surface area contributed by atoms with Gasteiger partial charge >= 0.3 is 0 Å². The molecule has 0 aliphatic rings. The summed E-state index contributed by atoms with van der Waals surface area (Å²) in [7, 11) is 0. The van der Waals surface area contributed by atoms with E-state index in [9.17, 15) is 10.1 Å². The van der Waals surface area contributed by atoms with Crippen molar-refractivity contribution in [3.05, 3.63) is 61.6 Å². The number of hydrogen-bond acceptors (Lipinski definition) is 4. The first-order valence-electron chi connectivity index (χ1n) is 5.94. The second-order valence-electron chi connectivity index (χ2n) is 4.34. The van der Waals surface area contributed by atoms with E-state index in [1.807, 2.05) is 6.92 Å². The maximum Gasteiger partial charge on any atom is 0.272 e. The molecule has 5 nitrogen and oxygen atoms in total. The molecule has 0 heterocycles. The molecule has 110 valence electrons. The first-order valence-corrected chi connectivity index (χ1v) is 6.69. The van der Waals surface area contributed by atoms with Crippen LogP contribution in [0.3, 0.4) is 0 Å². The van der Waals surface area contributed by atoms with Gasteiger partial charge in [0.05, 0.1) is 21.6 Å². The van der Waals surface area contributed by atoms with E-state index < -0.39 is 4.92 Å². The van der Waals surface area contributed by atoms with Gasteiger partial charge in [-0.2, -0.15) is 0 Å². The van der Waals surface area contributed by atoms with Gasteiger partial charge in [0.25, 0.3) is 5.69 Å². The van der Waals surface area contributed by atoms with E-state index >= 15 is 0 Å². The fourth-order valence-corrected chi connectivity index (χ4v) is 2.33. The average Bonchev–Trinajstić information content (AvgIpc) is 2.42. The number of hydrogen-bond donors (Lipinski definition) is 1. The molecule has 0 atom stereocenters. The molecule has 21 heavy (non-hydrogen) atoms. The Hall–Kier alpha value is -1.82. The number of ether oxygens (including phenoxy) is 1. The highest BCUT2D eigenvalue weighted by atomic mass is 35.5. The first kappa shape index (κ1) is 15.6. The summed E-state index contributed by atoms with van der Waals surface area (Å²) >= 11 is 11.9. The van der Waals surface area contributed by atoms with Crippen molar-refractivity contribution < 1.29 is 14.8 Å². The molecule has 7 heteroatoms. The van der Waals surface area contributed by atoms with Crippen molar-refractivity contribution >= 4 is 28.9 Å². The van der Waals surface area contributed by atoms with Crippen LogP contribution in [0.2, 0.25) is 10.0 Å². The fraction of sp³-hybridized carbons (Fsp3) is 0.143. The Balaban J connectivity index is 2.35. The number of aliphatic hydroxyl groups excluding tert-OH is 1. The lowest BCUT2D eigenvalue weighted by Crippen LogP contribution is -1.93. The number of halogens is 2. The van der Waals surface area contributed by atoms with Crippen molar-refractivity contribution in [1.29, 1.82) is 0 Å². The van der Waals surface area contributed by atoms with Crippen molar-refractivity contribution in [2.45, 2.75) is 13.5 Å². The minimum absolute atomic E-state index is 0.0538. The van der Waals surface area contributed by atoms with Crippen LogP contribution in [0.5, 0.6) is 11.5 Å². The van der Waals surface area contributed by atoms with Crippen molar-refractivity contribution in [2.75, 3.05) is 0 Å². The molecular weight excluding hydrogens is 317 g/mol. The Morgan fingerprint density at radius 1 is 1.24 bits per heavy atom. The van der Waals surface area contributed by atoms with Gasteiger partial charge in [0.1, 0.15) is 5.75 Å². The lowest BCUT2D eigenvalue weighted by atomic mass is 10.1. The van der Waals surface area contributed by atoms with Gasteiger partial charge in [-0.3, -0.25) is 10.1 Å². The first-order chi connectivity index (χ1) is 9.92. The van der Waals surface area contributed by atoms with E-state index in [1.165, 1.54) is 12.1 Å². The summed E-state index contributed by atoms with van der Waals surface area (Å²) in [5.41, 5.74) is 1.43. The van der Waals surface area contributed by atoms with Gasteiger partial charge < -0.3 is 9.84 Å². The van der Waals surface area contributed by atoms with Gasteiger partial charge in [-0.15, -0.1) is 0 Å². The minimum Gasteiger partial charge on any atom is -0.454 e. The average molecular weight is 328 g/mol. The Morgan fingerprint density at radius 2 is 1.86 bits per heavy atom. The third-order valence-corrected chi connectivity index (χ3v) is 3.46. The molecular formula is C14H11Cl2NO4. The third-order valence-electron chi connectivity index (χ3n) is 2.90. The standard InChI is InChI=1S/C14H11Cl2NO4/c1-8-4-11(3-2-9(8)7-18)21-14-12(15)5-10(17(19)20)6-13(14)16/h2-6,18H,7H2,1H3. The molecule has 0 unspecified atom stereocenters. The van der Waals surface area contributed by atoms with E-state index in [1.54, 1.807) is 18.2 Å². The highest BCUT2D eigenvalue weighted by Crippen LogP contribution is 2.39. The summed E-state index contributed by atoms with van der Waals surface area (Å²) in [6.07, 6.45) is 0. The van der Waals surface area contributed by atoms with Crippen LogP contribution >= 0.6 is 23.2 Å². The highest BCUT2D eigenvalue weighted by Gasteiger charge is 2.16. The summed E-state index contributed by atoms with van der Waals surface area (Å²) in [5.74, 6) is 0.627. The van der Waals surface area contributed by atoms with Crippen LogP contribution in [0.15, 0.2) is 30.3 Å². The zero-order valence-electron chi connectivity index (χ0n) is 11.0. The Kier molecular flexibility index (Phi) is 4.67. The molecule has 2 aromatic rings. The quantitative estimate of drug-likeness (QED) is 0.663. The summed E-state index contributed by atoms with van der Waals surface area (Å²) in [5, 5.41) is 19.9. The zero-order chi connectivity index (χ0) is 15.6. The Bertz CT molecular complexity index is 680. The monoisotopic (exact) mass is 327 g/mol. The molecule has 2 aromatic carbocycles. The lowest BCUT2D eigenvalue weighted by Gasteiger charge is -2.11. The summed E-state index contributed by atoms with van der Waals surface area (Å²) in [6, 6.07) is 7.46. The third kappa shape index (κ3) is 3.44. The smallest absolute Gasteiger partial charge is 0.272 e. The molecule has 0 bridgehead atoms. The normalized spacial score (nSPS) is 10.5. The summed E-state index contributed by atoms with van der Waals surface area (Å²) < 4.78 is 5.59.